The highest BCUT2D eigenvalue weighted by molar-refractivity contribution is 14.2. The first-order valence-electron chi connectivity index (χ1n) is 4.65. The van der Waals surface area contributed by atoms with Gasteiger partial charge in [0.15, 0.2) is 0 Å². The molecule has 0 N–H and O–H groups in total. The zero-order chi connectivity index (χ0) is 14.6. The van der Waals surface area contributed by atoms with Gasteiger partial charge in [0.05, 0.1) is 21.2 Å². The van der Waals surface area contributed by atoms with E-state index in [0.29, 0.717) is 9.21 Å². The third-order valence-electron chi connectivity index (χ3n) is 2.15. The first-order valence-corrected chi connectivity index (χ1v) is 7.93. The molecule has 0 aliphatic carbocycles. The molecule has 1 atom stereocenters. The molecular weight excluding hydrogens is 402 g/mol. The number of nitrogens with zero attached hydrogens (tertiary/aromatic N) is 1. The largest absolute Gasteiger partial charge is 0.496 e. The van der Waals surface area contributed by atoms with Gasteiger partial charge >= 0.3 is 6.18 Å². The Hall–Kier alpha value is -0.750. The van der Waals surface area contributed by atoms with E-state index in [1.54, 1.807) is 0 Å². The molecule has 0 fully saturated rings. The fraction of sp³-hybridized carbons (Fsp3) is 0.333. The fourth-order valence-corrected chi connectivity index (χ4v) is 2.34. The van der Waals surface area contributed by atoms with Gasteiger partial charge in [0.2, 0.25) is 6.10 Å². The summed E-state index contributed by atoms with van der Waals surface area (Å²) in [5.74, 6) is -0.248. The molecule has 0 heterocycles. The molecule has 0 saturated carbocycles. The van der Waals surface area contributed by atoms with E-state index in [4.69, 9.17) is 4.74 Å². The van der Waals surface area contributed by atoms with Crippen LogP contribution in [0.5, 0.6) is 5.75 Å². The molecule has 19 heavy (non-hydrogen) atoms. The molecule has 0 radical (unpaired) electrons. The van der Waals surface area contributed by atoms with E-state index in [2.05, 4.69) is 4.18 Å². The molecular formula is C9H7F3INO4S. The minimum Gasteiger partial charge on any atom is -0.496 e. The van der Waals surface area contributed by atoms with Crippen LogP contribution in [0, 0.1) is 10.1 Å². The van der Waals surface area contributed by atoms with Crippen LogP contribution in [0.2, 0.25) is 0 Å². The van der Waals surface area contributed by atoms with E-state index < -0.39 is 28.5 Å². The third kappa shape index (κ3) is 3.86. The summed E-state index contributed by atoms with van der Waals surface area (Å²) in [5, 5.41) is 10.8. The van der Waals surface area contributed by atoms with Gasteiger partial charge in [0.25, 0.3) is 5.69 Å². The summed E-state index contributed by atoms with van der Waals surface area (Å²) >= 11 is 1.51. The van der Waals surface area contributed by atoms with Crippen LogP contribution in [0.4, 0.5) is 18.9 Å². The van der Waals surface area contributed by atoms with Crippen molar-refractivity contribution in [2.75, 3.05) is 7.11 Å². The standard InChI is InChI=1S/C9H7F3INO4S/c1-17-6-4-2-3-5(14(15)16)7(6)8(18-19-13)9(10,11)12/h2-4,8H,1H3. The molecule has 1 aromatic rings. The molecule has 1 aromatic carbocycles. The number of ether oxygens (including phenoxy) is 1. The molecule has 1 unspecified atom stereocenters. The molecule has 0 amide bonds. The number of halogens is 4. The lowest BCUT2D eigenvalue weighted by molar-refractivity contribution is -0.386. The Balaban J connectivity index is 3.46. The van der Waals surface area contributed by atoms with Crippen LogP contribution in [0.1, 0.15) is 11.7 Å². The van der Waals surface area contributed by atoms with Gasteiger partial charge in [-0.2, -0.15) is 13.2 Å². The second kappa shape index (κ2) is 6.61. The predicted octanol–water partition coefficient (Wildman–Crippen LogP) is 4.22. The highest BCUT2D eigenvalue weighted by Gasteiger charge is 2.47. The molecule has 5 nitrogen and oxygen atoms in total. The van der Waals surface area contributed by atoms with Crippen molar-refractivity contribution in [3.05, 3.63) is 33.9 Å². The Bertz CT molecular complexity index is 471. The number of benzene rings is 1. The summed E-state index contributed by atoms with van der Waals surface area (Å²) in [7, 11) is 1.58. The van der Waals surface area contributed by atoms with E-state index >= 15 is 0 Å². The third-order valence-corrected chi connectivity index (χ3v) is 3.04. The first kappa shape index (κ1) is 16.3. The number of hydrogen-bond acceptors (Lipinski definition) is 5. The average Bonchev–Trinajstić information content (AvgIpc) is 2.33. The Morgan fingerprint density at radius 2 is 2.11 bits per heavy atom. The predicted molar refractivity (Wildman–Crippen MR) is 71.1 cm³/mol. The lowest BCUT2D eigenvalue weighted by atomic mass is 10.1. The first-order chi connectivity index (χ1) is 8.82. The van der Waals surface area contributed by atoms with Crippen LogP contribution >= 0.6 is 30.4 Å². The number of nitro benzene ring substituents is 1. The zero-order valence-corrected chi connectivity index (χ0v) is 12.3. The molecule has 106 valence electrons. The summed E-state index contributed by atoms with van der Waals surface area (Å²) < 4.78 is 48.1. The smallest absolute Gasteiger partial charge is 0.420 e. The maximum absolute atomic E-state index is 12.9. The lowest BCUT2D eigenvalue weighted by Crippen LogP contribution is -2.23. The van der Waals surface area contributed by atoms with Crippen molar-refractivity contribution in [1.29, 1.82) is 0 Å². The number of hydrogen-bond donors (Lipinski definition) is 0. The van der Waals surface area contributed by atoms with Crippen molar-refractivity contribution in [1.82, 2.24) is 0 Å². The van der Waals surface area contributed by atoms with E-state index in [-0.39, 0.29) is 5.75 Å². The van der Waals surface area contributed by atoms with Crippen molar-refractivity contribution in [2.45, 2.75) is 12.3 Å². The number of nitro groups is 1. The molecule has 0 spiro atoms. The Morgan fingerprint density at radius 3 is 2.53 bits per heavy atom. The van der Waals surface area contributed by atoms with Crippen molar-refractivity contribution in [3.63, 3.8) is 0 Å². The fourth-order valence-electron chi connectivity index (χ4n) is 1.44. The van der Waals surface area contributed by atoms with E-state index in [1.807, 2.05) is 0 Å². The molecule has 0 bridgehead atoms. The SMILES string of the molecule is COc1cccc([N+](=O)[O-])c1C(OSI)C(F)(F)F. The van der Waals surface area contributed by atoms with Crippen LogP contribution < -0.4 is 4.74 Å². The van der Waals surface area contributed by atoms with Crippen molar-refractivity contribution in [2.24, 2.45) is 0 Å². The minimum atomic E-state index is -4.79. The van der Waals surface area contributed by atoms with Gasteiger partial charge in [0, 0.05) is 27.3 Å². The maximum Gasteiger partial charge on any atom is 0.420 e. The van der Waals surface area contributed by atoms with Crippen molar-refractivity contribution < 1.29 is 27.0 Å². The van der Waals surface area contributed by atoms with E-state index in [1.165, 1.54) is 33.3 Å². The number of alkyl halides is 3. The monoisotopic (exact) mass is 409 g/mol. The zero-order valence-electron chi connectivity index (χ0n) is 9.31. The van der Waals surface area contributed by atoms with Crippen LogP contribution in [0.25, 0.3) is 0 Å². The normalized spacial score (nSPS) is 13.1. The van der Waals surface area contributed by atoms with Crippen LogP contribution in [0.15, 0.2) is 18.2 Å². The van der Waals surface area contributed by atoms with E-state index in [0.717, 1.165) is 13.2 Å². The Kier molecular flexibility index (Phi) is 5.67. The van der Waals surface area contributed by atoms with Gasteiger partial charge in [0.1, 0.15) is 11.3 Å². The van der Waals surface area contributed by atoms with Gasteiger partial charge in [-0.25, -0.2) is 0 Å². The molecule has 0 aliphatic heterocycles. The Morgan fingerprint density at radius 1 is 1.47 bits per heavy atom. The highest BCUT2D eigenvalue weighted by atomic mass is 127. The number of rotatable bonds is 5. The molecule has 10 heteroatoms. The highest BCUT2D eigenvalue weighted by Crippen LogP contribution is 2.46. The van der Waals surface area contributed by atoms with Gasteiger partial charge in [-0.1, -0.05) is 6.07 Å². The van der Waals surface area contributed by atoms with Gasteiger partial charge in [-0.05, 0) is 6.07 Å². The second-order valence-electron chi connectivity index (χ2n) is 3.23. The second-order valence-corrected chi connectivity index (χ2v) is 4.63. The summed E-state index contributed by atoms with van der Waals surface area (Å²) in [6.07, 6.45) is -7.23. The number of methoxy groups -OCH3 is 1. The van der Waals surface area contributed by atoms with Crippen molar-refractivity contribution >= 4 is 36.1 Å². The topological polar surface area (TPSA) is 61.6 Å². The summed E-state index contributed by atoms with van der Waals surface area (Å²) in [4.78, 5) is 9.94. The molecule has 0 aliphatic rings. The maximum atomic E-state index is 12.9. The summed E-state index contributed by atoms with van der Waals surface area (Å²) in [5.41, 5.74) is -1.35. The van der Waals surface area contributed by atoms with Crippen molar-refractivity contribution in [3.8, 4) is 5.75 Å². The van der Waals surface area contributed by atoms with Gasteiger partial charge in [-0.3, -0.25) is 14.3 Å². The lowest BCUT2D eigenvalue weighted by Gasteiger charge is -2.20. The van der Waals surface area contributed by atoms with Gasteiger partial charge < -0.3 is 4.74 Å². The minimum absolute atomic E-state index is 0.248. The van der Waals surface area contributed by atoms with Gasteiger partial charge in [-0.15, -0.1) is 0 Å². The molecule has 0 aromatic heterocycles. The average molecular weight is 409 g/mol. The molecule has 0 saturated heterocycles. The van der Waals surface area contributed by atoms with Crippen LogP contribution in [-0.2, 0) is 4.18 Å². The summed E-state index contributed by atoms with van der Waals surface area (Å²) in [6.45, 7) is 0. The molecule has 1 rings (SSSR count). The van der Waals surface area contributed by atoms with Crippen LogP contribution in [0.3, 0.4) is 0 Å². The quantitative estimate of drug-likeness (QED) is 0.316. The summed E-state index contributed by atoms with van der Waals surface area (Å²) in [6, 6.07) is 3.42. The Labute approximate surface area is 122 Å². The van der Waals surface area contributed by atoms with E-state index in [9.17, 15) is 23.3 Å². The van der Waals surface area contributed by atoms with Crippen LogP contribution in [-0.4, -0.2) is 18.2 Å².